The monoisotopic (exact) mass is 642 g/mol. The van der Waals surface area contributed by atoms with Crippen molar-refractivity contribution in [3.8, 4) is 0 Å². The van der Waals surface area contributed by atoms with Crippen LogP contribution in [0.5, 0.6) is 0 Å². The van der Waals surface area contributed by atoms with E-state index >= 15 is 0 Å². The van der Waals surface area contributed by atoms with Crippen LogP contribution in [-0.4, -0.2) is 48.6 Å². The second-order valence-corrected chi connectivity index (χ2v) is 14.9. The van der Waals surface area contributed by atoms with Crippen LogP contribution in [0.2, 0.25) is 10.0 Å². The highest BCUT2D eigenvalue weighted by molar-refractivity contribution is 7.92. The molecular weight excluding hydrogens is 607 g/mol. The van der Waals surface area contributed by atoms with E-state index in [9.17, 15) is 23.1 Å². The molecule has 2 fully saturated rings. The minimum atomic E-state index is -3.71. The van der Waals surface area contributed by atoms with Gasteiger partial charge in [-0.05, 0) is 79.6 Å². The lowest BCUT2D eigenvalue weighted by molar-refractivity contribution is -0.160. The fourth-order valence-corrected chi connectivity index (χ4v) is 7.95. The predicted octanol–water partition coefficient (Wildman–Crippen LogP) is 7.17. The third kappa shape index (κ3) is 6.71. The molecule has 10 heteroatoms. The molecule has 1 saturated heterocycles. The third-order valence-corrected chi connectivity index (χ3v) is 11.0. The quantitative estimate of drug-likeness (QED) is 0.239. The average Bonchev–Trinajstić information content (AvgIpc) is 3.81. The molecular formula is C33H36Cl2N2O5S. The number of carbonyl (C=O) groups is 2. The van der Waals surface area contributed by atoms with E-state index < -0.39 is 33.5 Å². The Morgan fingerprint density at radius 3 is 2.26 bits per heavy atom. The number of amides is 1. The molecule has 5 rings (SSSR count). The van der Waals surface area contributed by atoms with Crippen molar-refractivity contribution in [1.82, 2.24) is 4.90 Å². The summed E-state index contributed by atoms with van der Waals surface area (Å²) in [4.78, 5) is 28.7. The number of carbonyl (C=O) groups excluding carboxylic acids is 1. The Morgan fingerprint density at radius 1 is 1.00 bits per heavy atom. The molecule has 1 saturated carbocycles. The Kier molecular flexibility index (Phi) is 9.12. The molecule has 0 radical (unpaired) electrons. The van der Waals surface area contributed by atoms with Crippen LogP contribution in [-0.2, 0) is 19.6 Å². The molecule has 0 aromatic heterocycles. The fraction of sp³-hybridized carbons (Fsp3) is 0.394. The van der Waals surface area contributed by atoms with Gasteiger partial charge in [0.1, 0.15) is 0 Å². The van der Waals surface area contributed by atoms with Crippen molar-refractivity contribution in [3.05, 3.63) is 100 Å². The zero-order valence-electron chi connectivity index (χ0n) is 24.2. The number of anilines is 1. The molecule has 7 nitrogen and oxygen atoms in total. The predicted molar refractivity (Wildman–Crippen MR) is 170 cm³/mol. The van der Waals surface area contributed by atoms with Crippen molar-refractivity contribution in [2.75, 3.05) is 16.6 Å². The van der Waals surface area contributed by atoms with Gasteiger partial charge in [0.2, 0.25) is 15.9 Å². The van der Waals surface area contributed by atoms with Crippen LogP contribution in [0, 0.1) is 11.3 Å². The lowest BCUT2D eigenvalue weighted by Crippen LogP contribution is -2.59. The van der Waals surface area contributed by atoms with Crippen molar-refractivity contribution < 1.29 is 23.1 Å². The lowest BCUT2D eigenvalue weighted by atomic mass is 9.67. The Hall–Kier alpha value is -3.07. The number of sulfonamides is 1. The number of hydrogen-bond donors (Lipinski definition) is 1. The van der Waals surface area contributed by atoms with Crippen LogP contribution < -0.4 is 4.31 Å². The first kappa shape index (κ1) is 31.4. The van der Waals surface area contributed by atoms with Crippen LogP contribution in [0.25, 0.3) is 0 Å². The number of para-hydroxylation sites is 1. The van der Waals surface area contributed by atoms with Gasteiger partial charge >= 0.3 is 5.97 Å². The van der Waals surface area contributed by atoms with E-state index in [0.29, 0.717) is 15.7 Å². The summed E-state index contributed by atoms with van der Waals surface area (Å²) in [6, 6.07) is 22.8. The molecule has 3 aromatic carbocycles. The van der Waals surface area contributed by atoms with Gasteiger partial charge in [0.05, 0.1) is 41.9 Å². The summed E-state index contributed by atoms with van der Waals surface area (Å²) in [7, 11) is -3.71. The highest BCUT2D eigenvalue weighted by Gasteiger charge is 2.55. The number of aliphatic carboxylic acids is 1. The minimum Gasteiger partial charge on any atom is -0.481 e. The van der Waals surface area contributed by atoms with E-state index in [1.807, 2.05) is 41.3 Å². The van der Waals surface area contributed by atoms with Gasteiger partial charge in [-0.2, -0.15) is 0 Å². The van der Waals surface area contributed by atoms with Crippen LogP contribution in [0.4, 0.5) is 5.69 Å². The van der Waals surface area contributed by atoms with Crippen LogP contribution in [0.15, 0.2) is 78.9 Å². The number of carboxylic acids is 1. The molecule has 0 bridgehead atoms. The molecule has 1 N–H and O–H groups in total. The summed E-state index contributed by atoms with van der Waals surface area (Å²) in [6.07, 6.45) is 1.62. The SMILES string of the molecule is CCS(=O)(=O)N(CC(C1CC1)N1C(=O)[C@@](C)(CC(=O)O)C[C@H](c2cccc(Cl)c2)[C@H]1c1ccc(Cl)cc1)c1ccccc1. The molecule has 1 heterocycles. The summed E-state index contributed by atoms with van der Waals surface area (Å²) in [5, 5.41) is 11.0. The minimum absolute atomic E-state index is 0.0595. The van der Waals surface area contributed by atoms with Crippen LogP contribution in [0.3, 0.4) is 0 Å². The highest BCUT2D eigenvalue weighted by atomic mass is 35.5. The van der Waals surface area contributed by atoms with Gasteiger partial charge in [0.25, 0.3) is 0 Å². The van der Waals surface area contributed by atoms with Crippen molar-refractivity contribution in [1.29, 1.82) is 0 Å². The van der Waals surface area contributed by atoms with Gasteiger partial charge in [0, 0.05) is 16.0 Å². The zero-order valence-corrected chi connectivity index (χ0v) is 26.5. The number of piperidine rings is 1. The molecule has 0 spiro atoms. The maximum absolute atomic E-state index is 14.7. The van der Waals surface area contributed by atoms with Crippen LogP contribution >= 0.6 is 23.2 Å². The highest BCUT2D eigenvalue weighted by Crippen LogP contribution is 2.54. The number of hydrogen-bond acceptors (Lipinski definition) is 4. The zero-order chi connectivity index (χ0) is 30.9. The van der Waals surface area contributed by atoms with Gasteiger partial charge in [-0.1, -0.05) is 72.6 Å². The largest absolute Gasteiger partial charge is 0.481 e. The number of carboxylic acid groups (broad SMARTS) is 1. The first-order valence-electron chi connectivity index (χ1n) is 14.5. The van der Waals surface area contributed by atoms with E-state index in [1.165, 1.54) is 4.31 Å². The third-order valence-electron chi connectivity index (χ3n) is 8.75. The molecule has 43 heavy (non-hydrogen) atoms. The summed E-state index contributed by atoms with van der Waals surface area (Å²) in [5.74, 6) is -1.70. The fourth-order valence-electron chi connectivity index (χ4n) is 6.49. The van der Waals surface area contributed by atoms with Crippen molar-refractivity contribution in [3.63, 3.8) is 0 Å². The number of rotatable bonds is 11. The topological polar surface area (TPSA) is 95.0 Å². The summed E-state index contributed by atoms with van der Waals surface area (Å²) >= 11 is 12.7. The average molecular weight is 644 g/mol. The van der Waals surface area contributed by atoms with Gasteiger partial charge in [0.15, 0.2) is 0 Å². The number of benzene rings is 3. The first-order valence-corrected chi connectivity index (χ1v) is 16.9. The second-order valence-electron chi connectivity index (χ2n) is 11.9. The molecule has 1 unspecified atom stereocenters. The Labute approximate surface area is 263 Å². The normalized spacial score (nSPS) is 23.2. The maximum Gasteiger partial charge on any atom is 0.304 e. The van der Waals surface area contributed by atoms with Crippen molar-refractivity contribution in [2.24, 2.45) is 11.3 Å². The molecule has 1 aliphatic carbocycles. The van der Waals surface area contributed by atoms with Gasteiger partial charge in [-0.3, -0.25) is 13.9 Å². The molecule has 1 amide bonds. The summed E-state index contributed by atoms with van der Waals surface area (Å²) in [6.45, 7) is 3.39. The van der Waals surface area contributed by atoms with Gasteiger partial charge < -0.3 is 10.0 Å². The van der Waals surface area contributed by atoms with Crippen LogP contribution in [0.1, 0.15) is 62.6 Å². The number of likely N-dealkylation sites (tertiary alicyclic amines) is 1. The summed E-state index contributed by atoms with van der Waals surface area (Å²) < 4.78 is 28.5. The van der Waals surface area contributed by atoms with E-state index in [1.54, 1.807) is 56.3 Å². The molecule has 1 aliphatic heterocycles. The van der Waals surface area contributed by atoms with E-state index in [-0.39, 0.29) is 42.9 Å². The molecule has 3 aromatic rings. The second kappa shape index (κ2) is 12.5. The molecule has 2 aliphatic rings. The Bertz CT molecular complexity index is 1580. The molecule has 4 atom stereocenters. The lowest BCUT2D eigenvalue weighted by Gasteiger charge is -2.52. The van der Waals surface area contributed by atoms with E-state index in [2.05, 4.69) is 0 Å². The van der Waals surface area contributed by atoms with E-state index in [0.717, 1.165) is 24.0 Å². The Balaban J connectivity index is 1.71. The Morgan fingerprint density at radius 2 is 1.67 bits per heavy atom. The van der Waals surface area contributed by atoms with E-state index in [4.69, 9.17) is 23.2 Å². The maximum atomic E-state index is 14.7. The standard InChI is InChI=1S/C33H36Cl2N2O5S/c1-3-43(41,42)36(27-10-5-4-6-11-27)21-29(22-12-13-22)37-31(23-14-16-25(34)17-15-23)28(24-8-7-9-26(35)18-24)19-33(2,32(37)40)20-30(38)39/h4-11,14-18,22,28-29,31H,3,12-13,19-21H2,1-2H3,(H,38,39)/t28-,29?,31-,33-/m1/s1. The molecule has 228 valence electrons. The number of halogens is 2. The number of nitrogens with zero attached hydrogens (tertiary/aromatic N) is 2. The first-order chi connectivity index (χ1) is 20.4. The summed E-state index contributed by atoms with van der Waals surface area (Å²) in [5.41, 5.74) is 1.03. The van der Waals surface area contributed by atoms with Crippen molar-refractivity contribution in [2.45, 2.75) is 57.5 Å². The smallest absolute Gasteiger partial charge is 0.304 e. The van der Waals surface area contributed by atoms with Crippen molar-refractivity contribution >= 4 is 50.8 Å². The van der Waals surface area contributed by atoms with Gasteiger partial charge in [-0.25, -0.2) is 8.42 Å². The van der Waals surface area contributed by atoms with Gasteiger partial charge in [-0.15, -0.1) is 0 Å².